The second kappa shape index (κ2) is 2.75. The minimum Gasteiger partial charge on any atom is -0.382 e. The highest BCUT2D eigenvalue weighted by atomic mass is 15.2. The highest BCUT2D eigenvalue weighted by molar-refractivity contribution is 5.33. The summed E-state index contributed by atoms with van der Waals surface area (Å²) in [5.41, 5.74) is 7.36. The Kier molecular flexibility index (Phi) is 1.64. The van der Waals surface area contributed by atoms with Crippen molar-refractivity contribution >= 4 is 5.82 Å². The number of fused-ring (bicyclic) bond motifs is 3. The number of nitrogens with two attached hydrogens (primary N) is 1. The molecular formula is C11H17N3. The molecule has 0 saturated heterocycles. The molecule has 1 heterocycles. The van der Waals surface area contributed by atoms with Crippen LogP contribution in [0.1, 0.15) is 44.2 Å². The molecular weight excluding hydrogens is 174 g/mol. The van der Waals surface area contributed by atoms with Gasteiger partial charge >= 0.3 is 0 Å². The second-order valence-electron chi connectivity index (χ2n) is 4.97. The van der Waals surface area contributed by atoms with Crippen LogP contribution >= 0.6 is 0 Å². The van der Waals surface area contributed by atoms with Gasteiger partial charge in [0.05, 0.1) is 0 Å². The first-order chi connectivity index (χ1) is 6.78. The van der Waals surface area contributed by atoms with E-state index in [0.29, 0.717) is 11.2 Å². The van der Waals surface area contributed by atoms with Gasteiger partial charge in [-0.15, -0.1) is 0 Å². The summed E-state index contributed by atoms with van der Waals surface area (Å²) in [7, 11) is 0. The van der Waals surface area contributed by atoms with Crippen molar-refractivity contribution in [1.29, 1.82) is 0 Å². The highest BCUT2D eigenvalue weighted by Gasteiger charge is 2.42. The Labute approximate surface area is 84.1 Å². The lowest BCUT2D eigenvalue weighted by Gasteiger charge is -2.45. The molecule has 3 fully saturated rings. The van der Waals surface area contributed by atoms with Gasteiger partial charge in [0.25, 0.3) is 0 Å². The van der Waals surface area contributed by atoms with E-state index in [-0.39, 0.29) is 0 Å². The summed E-state index contributed by atoms with van der Waals surface area (Å²) >= 11 is 0. The van der Waals surface area contributed by atoms with Crippen LogP contribution in [0, 0.1) is 5.92 Å². The molecule has 1 aromatic rings. The number of hydrogen-bond donors (Lipinski definition) is 2. The summed E-state index contributed by atoms with van der Waals surface area (Å²) in [5.74, 6) is 1.65. The third kappa shape index (κ3) is 1.08. The first kappa shape index (κ1) is 8.33. The van der Waals surface area contributed by atoms with E-state index in [0.717, 1.165) is 5.92 Å². The van der Waals surface area contributed by atoms with Crippen molar-refractivity contribution in [2.75, 3.05) is 5.73 Å². The topological polar surface area (TPSA) is 54.7 Å². The van der Waals surface area contributed by atoms with Gasteiger partial charge in [-0.3, -0.25) is 5.10 Å². The first-order valence-electron chi connectivity index (χ1n) is 5.60. The minimum absolute atomic E-state index is 0.402. The van der Waals surface area contributed by atoms with E-state index >= 15 is 0 Å². The zero-order chi connectivity index (χ0) is 9.60. The van der Waals surface area contributed by atoms with Crippen LogP contribution in [0.15, 0.2) is 6.07 Å². The Morgan fingerprint density at radius 2 is 1.93 bits per heavy atom. The van der Waals surface area contributed by atoms with Crippen LogP contribution in [0.3, 0.4) is 0 Å². The summed E-state index contributed by atoms with van der Waals surface area (Å²) in [4.78, 5) is 0. The molecule has 0 atom stereocenters. The molecule has 0 spiro atoms. The number of H-pyrrole nitrogens is 1. The highest BCUT2D eigenvalue weighted by Crippen LogP contribution is 2.51. The maximum absolute atomic E-state index is 5.67. The predicted octanol–water partition coefficient (Wildman–Crippen LogP) is 2.21. The molecule has 3 N–H and O–H groups in total. The fraction of sp³-hybridized carbons (Fsp3) is 0.727. The summed E-state index contributed by atoms with van der Waals surface area (Å²) < 4.78 is 0. The third-order valence-electron chi connectivity index (χ3n) is 4.26. The molecule has 3 aliphatic carbocycles. The Morgan fingerprint density at radius 3 is 2.43 bits per heavy atom. The zero-order valence-corrected chi connectivity index (χ0v) is 8.42. The van der Waals surface area contributed by atoms with E-state index in [9.17, 15) is 0 Å². The van der Waals surface area contributed by atoms with Crippen LogP contribution in [-0.2, 0) is 5.41 Å². The average Bonchev–Trinajstić information content (AvgIpc) is 2.68. The zero-order valence-electron chi connectivity index (χ0n) is 8.42. The van der Waals surface area contributed by atoms with E-state index in [1.807, 2.05) is 6.07 Å². The van der Waals surface area contributed by atoms with Crippen molar-refractivity contribution in [3.05, 3.63) is 11.8 Å². The molecule has 0 unspecified atom stereocenters. The molecule has 3 heteroatoms. The number of nitrogens with one attached hydrogen (secondary N) is 1. The Morgan fingerprint density at radius 1 is 1.29 bits per heavy atom. The quantitative estimate of drug-likeness (QED) is 0.715. The van der Waals surface area contributed by atoms with Gasteiger partial charge in [-0.25, -0.2) is 0 Å². The van der Waals surface area contributed by atoms with Crippen molar-refractivity contribution in [2.24, 2.45) is 5.92 Å². The molecule has 3 aliphatic rings. The second-order valence-corrected chi connectivity index (χ2v) is 4.97. The third-order valence-corrected chi connectivity index (χ3v) is 4.26. The van der Waals surface area contributed by atoms with Gasteiger partial charge in [0.1, 0.15) is 5.82 Å². The lowest BCUT2D eigenvalue weighted by molar-refractivity contribution is 0.132. The van der Waals surface area contributed by atoms with Crippen molar-refractivity contribution in [2.45, 2.75) is 43.9 Å². The van der Waals surface area contributed by atoms with Crippen LogP contribution in [-0.4, -0.2) is 10.2 Å². The number of aromatic amines is 1. The van der Waals surface area contributed by atoms with Gasteiger partial charge in [0.15, 0.2) is 0 Å². The predicted molar refractivity (Wildman–Crippen MR) is 55.9 cm³/mol. The van der Waals surface area contributed by atoms with Crippen LogP contribution in [0.25, 0.3) is 0 Å². The van der Waals surface area contributed by atoms with Crippen molar-refractivity contribution < 1.29 is 0 Å². The number of rotatable bonds is 1. The number of nitrogens with zero attached hydrogens (tertiary/aromatic N) is 1. The molecule has 76 valence electrons. The van der Waals surface area contributed by atoms with Crippen LogP contribution in [0.4, 0.5) is 5.82 Å². The first-order valence-corrected chi connectivity index (χ1v) is 5.60. The fourth-order valence-corrected chi connectivity index (χ4v) is 3.26. The molecule has 1 aromatic heterocycles. The number of hydrogen-bond acceptors (Lipinski definition) is 2. The summed E-state index contributed by atoms with van der Waals surface area (Å²) in [6, 6.07) is 2.03. The lowest BCUT2D eigenvalue weighted by Crippen LogP contribution is -2.37. The van der Waals surface area contributed by atoms with Gasteiger partial charge < -0.3 is 5.73 Å². The molecule has 3 nitrogen and oxygen atoms in total. The molecule has 0 aliphatic heterocycles. The van der Waals surface area contributed by atoms with Crippen LogP contribution < -0.4 is 5.73 Å². The molecule has 3 saturated carbocycles. The van der Waals surface area contributed by atoms with Crippen LogP contribution in [0.2, 0.25) is 0 Å². The molecule has 0 radical (unpaired) electrons. The van der Waals surface area contributed by atoms with Gasteiger partial charge in [-0.1, -0.05) is 0 Å². The van der Waals surface area contributed by atoms with Gasteiger partial charge in [0.2, 0.25) is 0 Å². The SMILES string of the molecule is Nc1cc(C23CCC(CC2)CC3)[nH]n1. The molecule has 0 aromatic carbocycles. The average molecular weight is 191 g/mol. The minimum atomic E-state index is 0.402. The van der Waals surface area contributed by atoms with Gasteiger partial charge in [-0.2, -0.15) is 5.10 Å². The maximum atomic E-state index is 5.67. The standard InChI is InChI=1S/C11H17N3/c12-10-7-9(13-14-10)11-4-1-8(2-5-11)3-6-11/h7-8H,1-6H2,(H3,12,13,14). The lowest BCUT2D eigenvalue weighted by atomic mass is 9.59. The largest absolute Gasteiger partial charge is 0.382 e. The van der Waals surface area contributed by atoms with Gasteiger partial charge in [-0.05, 0) is 44.4 Å². The number of aromatic nitrogens is 2. The van der Waals surface area contributed by atoms with E-state index in [1.54, 1.807) is 0 Å². The van der Waals surface area contributed by atoms with E-state index in [2.05, 4.69) is 10.2 Å². The van der Waals surface area contributed by atoms with E-state index in [1.165, 1.54) is 44.2 Å². The molecule has 0 amide bonds. The Balaban J connectivity index is 1.95. The maximum Gasteiger partial charge on any atom is 0.145 e. The van der Waals surface area contributed by atoms with Crippen molar-refractivity contribution in [3.8, 4) is 0 Å². The van der Waals surface area contributed by atoms with Gasteiger partial charge in [0, 0.05) is 17.2 Å². The Bertz CT molecular complexity index is 320. The normalized spacial score (nSPS) is 36.1. The van der Waals surface area contributed by atoms with Crippen molar-refractivity contribution in [3.63, 3.8) is 0 Å². The molecule has 14 heavy (non-hydrogen) atoms. The van der Waals surface area contributed by atoms with E-state index < -0.39 is 0 Å². The monoisotopic (exact) mass is 191 g/mol. The summed E-state index contributed by atoms with van der Waals surface area (Å²) in [5, 5.41) is 7.17. The van der Waals surface area contributed by atoms with Crippen LogP contribution in [0.5, 0.6) is 0 Å². The summed E-state index contributed by atoms with van der Waals surface area (Å²) in [6.07, 6.45) is 8.20. The number of anilines is 1. The Hall–Kier alpha value is -0.990. The molecule has 4 rings (SSSR count). The fourth-order valence-electron chi connectivity index (χ4n) is 3.26. The smallest absolute Gasteiger partial charge is 0.145 e. The number of nitrogen functional groups attached to an aromatic ring is 1. The molecule has 2 bridgehead atoms. The van der Waals surface area contributed by atoms with Crippen molar-refractivity contribution in [1.82, 2.24) is 10.2 Å². The van der Waals surface area contributed by atoms with E-state index in [4.69, 9.17) is 5.73 Å². The summed E-state index contributed by atoms with van der Waals surface area (Å²) in [6.45, 7) is 0.